The summed E-state index contributed by atoms with van der Waals surface area (Å²) in [6, 6.07) is 12.1. The van der Waals surface area contributed by atoms with Gasteiger partial charge in [0.2, 0.25) is 5.91 Å². The molecule has 1 saturated carbocycles. The molecule has 2 N–H and O–H groups in total. The van der Waals surface area contributed by atoms with Crippen molar-refractivity contribution in [2.24, 2.45) is 0 Å². The van der Waals surface area contributed by atoms with Gasteiger partial charge in [0.1, 0.15) is 5.82 Å². The second-order valence-electron chi connectivity index (χ2n) is 6.25. The summed E-state index contributed by atoms with van der Waals surface area (Å²) in [5.41, 5.74) is 1.88. The van der Waals surface area contributed by atoms with E-state index in [0.717, 1.165) is 29.3 Å². The number of aromatic amines is 1. The van der Waals surface area contributed by atoms with Gasteiger partial charge < -0.3 is 10.3 Å². The van der Waals surface area contributed by atoms with Crippen LogP contribution in [0.25, 0.3) is 10.9 Å². The highest BCUT2D eigenvalue weighted by Crippen LogP contribution is 2.50. The first-order valence-corrected chi connectivity index (χ1v) is 8.27. The maximum atomic E-state index is 13.7. The van der Waals surface area contributed by atoms with E-state index in [-0.39, 0.29) is 18.3 Å². The Bertz CT molecular complexity index is 930. The van der Waals surface area contributed by atoms with Gasteiger partial charge in [0.15, 0.2) is 0 Å². The maximum Gasteiger partial charge on any atom is 0.231 e. The summed E-state index contributed by atoms with van der Waals surface area (Å²) in [6.45, 7) is 0.191. The van der Waals surface area contributed by atoms with Gasteiger partial charge in [0, 0.05) is 34.2 Å². The number of fused-ring (bicyclic) bond motifs is 1. The van der Waals surface area contributed by atoms with Gasteiger partial charge in [-0.1, -0.05) is 29.8 Å². The van der Waals surface area contributed by atoms with E-state index in [4.69, 9.17) is 11.6 Å². The lowest BCUT2D eigenvalue weighted by Gasteiger charge is -2.15. The summed E-state index contributed by atoms with van der Waals surface area (Å²) in [5, 5.41) is 4.50. The van der Waals surface area contributed by atoms with E-state index < -0.39 is 5.41 Å². The van der Waals surface area contributed by atoms with E-state index in [1.165, 1.54) is 6.07 Å². The number of benzene rings is 2. The Morgan fingerprint density at radius 3 is 2.79 bits per heavy atom. The van der Waals surface area contributed by atoms with Gasteiger partial charge in [-0.25, -0.2) is 4.39 Å². The van der Waals surface area contributed by atoms with Gasteiger partial charge in [0.25, 0.3) is 0 Å². The molecule has 3 nitrogen and oxygen atoms in total. The minimum Gasteiger partial charge on any atom is -0.361 e. The lowest BCUT2D eigenvalue weighted by Crippen LogP contribution is -2.34. The van der Waals surface area contributed by atoms with E-state index >= 15 is 0 Å². The lowest BCUT2D eigenvalue weighted by atomic mass is 9.94. The zero-order chi connectivity index (χ0) is 16.7. The largest absolute Gasteiger partial charge is 0.361 e. The molecule has 0 bridgehead atoms. The van der Waals surface area contributed by atoms with E-state index in [9.17, 15) is 9.18 Å². The Hall–Kier alpha value is -2.33. The fourth-order valence-corrected chi connectivity index (χ4v) is 3.39. The van der Waals surface area contributed by atoms with Crippen molar-refractivity contribution in [1.82, 2.24) is 10.3 Å². The number of aromatic nitrogens is 1. The van der Waals surface area contributed by atoms with Crippen LogP contribution in [0.2, 0.25) is 5.02 Å². The molecule has 2 aromatic carbocycles. The van der Waals surface area contributed by atoms with Gasteiger partial charge >= 0.3 is 0 Å². The summed E-state index contributed by atoms with van der Waals surface area (Å²) in [5.74, 6) is -0.367. The lowest BCUT2D eigenvalue weighted by molar-refractivity contribution is -0.123. The number of hydrogen-bond donors (Lipinski definition) is 2. The molecule has 0 aliphatic heterocycles. The Kier molecular flexibility index (Phi) is 3.57. The standard InChI is InChI=1S/C19H16ClFN2O/c20-13-5-6-17-14(9-13)15(11-22-17)19(7-8-19)18(24)23-10-12-3-1-2-4-16(12)21/h1-6,9,11,22H,7-8,10H2,(H,23,24). The van der Waals surface area contributed by atoms with Crippen LogP contribution in [0.1, 0.15) is 24.0 Å². The average Bonchev–Trinajstić information content (AvgIpc) is 3.28. The second kappa shape index (κ2) is 5.64. The monoisotopic (exact) mass is 342 g/mol. The molecule has 1 fully saturated rings. The van der Waals surface area contributed by atoms with Crippen LogP contribution in [0, 0.1) is 5.82 Å². The van der Waals surface area contributed by atoms with Crippen molar-refractivity contribution in [2.75, 3.05) is 0 Å². The van der Waals surface area contributed by atoms with E-state index in [0.29, 0.717) is 10.6 Å². The van der Waals surface area contributed by atoms with Crippen LogP contribution in [0.15, 0.2) is 48.7 Å². The van der Waals surface area contributed by atoms with Gasteiger partial charge in [-0.3, -0.25) is 4.79 Å². The fraction of sp³-hybridized carbons (Fsp3) is 0.211. The molecule has 122 valence electrons. The minimum absolute atomic E-state index is 0.0633. The molecule has 0 radical (unpaired) electrons. The first kappa shape index (κ1) is 15.2. The second-order valence-corrected chi connectivity index (χ2v) is 6.68. The van der Waals surface area contributed by atoms with Crippen molar-refractivity contribution in [3.05, 3.63) is 70.6 Å². The topological polar surface area (TPSA) is 44.9 Å². The zero-order valence-electron chi connectivity index (χ0n) is 12.9. The van der Waals surface area contributed by atoms with Crippen molar-refractivity contribution in [2.45, 2.75) is 24.8 Å². The highest BCUT2D eigenvalue weighted by Gasteiger charge is 2.52. The van der Waals surface area contributed by atoms with E-state index in [2.05, 4.69) is 10.3 Å². The van der Waals surface area contributed by atoms with Crippen molar-refractivity contribution in [3.8, 4) is 0 Å². The summed E-state index contributed by atoms with van der Waals surface area (Å²) in [6.07, 6.45) is 3.46. The predicted octanol–water partition coefficient (Wildman–Crippen LogP) is 4.31. The number of carbonyl (C=O) groups is 1. The van der Waals surface area contributed by atoms with E-state index in [1.54, 1.807) is 18.2 Å². The Labute approximate surface area is 143 Å². The number of amides is 1. The highest BCUT2D eigenvalue weighted by molar-refractivity contribution is 6.31. The Morgan fingerprint density at radius 2 is 2.04 bits per heavy atom. The highest BCUT2D eigenvalue weighted by atomic mass is 35.5. The number of carbonyl (C=O) groups excluding carboxylic acids is 1. The van der Waals surface area contributed by atoms with Crippen molar-refractivity contribution < 1.29 is 9.18 Å². The van der Waals surface area contributed by atoms with Gasteiger partial charge in [-0.05, 0) is 42.7 Å². The predicted molar refractivity (Wildman–Crippen MR) is 92.5 cm³/mol. The first-order valence-electron chi connectivity index (χ1n) is 7.89. The average molecular weight is 343 g/mol. The molecule has 1 heterocycles. The minimum atomic E-state index is -0.534. The quantitative estimate of drug-likeness (QED) is 0.729. The van der Waals surface area contributed by atoms with Crippen LogP contribution in [-0.2, 0) is 16.8 Å². The van der Waals surface area contributed by atoms with Crippen LogP contribution in [0.3, 0.4) is 0 Å². The van der Waals surface area contributed by atoms with Gasteiger partial charge in [0.05, 0.1) is 5.41 Å². The summed E-state index contributed by atoms with van der Waals surface area (Å²) in [4.78, 5) is 16.0. The molecule has 1 aromatic heterocycles. The summed E-state index contributed by atoms with van der Waals surface area (Å²) < 4.78 is 13.7. The van der Waals surface area contributed by atoms with Crippen molar-refractivity contribution in [3.63, 3.8) is 0 Å². The molecule has 0 unspecified atom stereocenters. The molecule has 3 aromatic rings. The molecule has 0 atom stereocenters. The first-order chi connectivity index (χ1) is 11.6. The molecule has 4 rings (SSSR count). The normalized spacial score (nSPS) is 15.4. The summed E-state index contributed by atoms with van der Waals surface area (Å²) >= 11 is 6.10. The molecular weight excluding hydrogens is 327 g/mol. The van der Waals surface area contributed by atoms with Gasteiger partial charge in [-0.2, -0.15) is 0 Å². The Morgan fingerprint density at radius 1 is 1.25 bits per heavy atom. The molecule has 0 spiro atoms. The third-order valence-electron chi connectivity index (χ3n) is 4.74. The number of halogens is 2. The zero-order valence-corrected chi connectivity index (χ0v) is 13.7. The number of nitrogens with one attached hydrogen (secondary N) is 2. The molecule has 1 aliphatic rings. The molecular formula is C19H16ClFN2O. The van der Waals surface area contributed by atoms with Crippen LogP contribution in [0.5, 0.6) is 0 Å². The summed E-state index contributed by atoms with van der Waals surface area (Å²) in [7, 11) is 0. The molecule has 5 heteroatoms. The Balaban J connectivity index is 1.59. The van der Waals surface area contributed by atoms with Crippen molar-refractivity contribution in [1.29, 1.82) is 0 Å². The maximum absolute atomic E-state index is 13.7. The molecule has 1 amide bonds. The van der Waals surface area contributed by atoms with Crippen LogP contribution in [-0.4, -0.2) is 10.9 Å². The molecule has 0 saturated heterocycles. The van der Waals surface area contributed by atoms with Crippen LogP contribution >= 0.6 is 11.6 Å². The fourth-order valence-electron chi connectivity index (χ4n) is 3.22. The third kappa shape index (κ3) is 2.47. The molecule has 1 aliphatic carbocycles. The van der Waals surface area contributed by atoms with E-state index in [1.807, 2.05) is 24.4 Å². The number of hydrogen-bond acceptors (Lipinski definition) is 1. The number of rotatable bonds is 4. The SMILES string of the molecule is O=C(NCc1ccccc1F)C1(c2c[nH]c3ccc(Cl)cc23)CC1. The van der Waals surface area contributed by atoms with Crippen LogP contribution < -0.4 is 5.32 Å². The molecule has 24 heavy (non-hydrogen) atoms. The van der Waals surface area contributed by atoms with Crippen LogP contribution in [0.4, 0.5) is 4.39 Å². The third-order valence-corrected chi connectivity index (χ3v) is 4.98. The smallest absolute Gasteiger partial charge is 0.231 e. The number of H-pyrrole nitrogens is 1. The van der Waals surface area contributed by atoms with Gasteiger partial charge in [-0.15, -0.1) is 0 Å². The van der Waals surface area contributed by atoms with Crippen molar-refractivity contribution >= 4 is 28.4 Å².